The maximum absolute atomic E-state index is 12.7. The zero-order valence-electron chi connectivity index (χ0n) is 14.0. The Morgan fingerprint density at radius 3 is 2.83 bits per heavy atom. The van der Waals surface area contributed by atoms with E-state index in [0.29, 0.717) is 24.4 Å². The van der Waals surface area contributed by atoms with Gasteiger partial charge in [-0.25, -0.2) is 0 Å². The van der Waals surface area contributed by atoms with Crippen LogP contribution in [0.3, 0.4) is 0 Å². The van der Waals surface area contributed by atoms with Crippen molar-refractivity contribution in [3.63, 3.8) is 0 Å². The molecule has 4 heteroatoms. The first-order valence-corrected chi connectivity index (χ1v) is 9.05. The van der Waals surface area contributed by atoms with Gasteiger partial charge in [0.2, 0.25) is 0 Å². The van der Waals surface area contributed by atoms with E-state index in [1.807, 2.05) is 23.1 Å². The maximum Gasteiger partial charge on any atom is 0.253 e. The van der Waals surface area contributed by atoms with Crippen LogP contribution in [0.4, 0.5) is 0 Å². The van der Waals surface area contributed by atoms with Crippen molar-refractivity contribution in [2.24, 2.45) is 5.92 Å². The molecule has 1 aliphatic rings. The molecule has 1 aromatic carbocycles. The molecule has 0 saturated carbocycles. The molecule has 1 aliphatic heterocycles. The van der Waals surface area contributed by atoms with Crippen LogP contribution in [-0.4, -0.2) is 42.4 Å². The zero-order valence-corrected chi connectivity index (χ0v) is 14.8. The van der Waals surface area contributed by atoms with E-state index in [2.05, 4.69) is 25.8 Å². The highest BCUT2D eigenvalue weighted by Gasteiger charge is 2.23. The summed E-state index contributed by atoms with van der Waals surface area (Å²) >= 11 is 1.78. The fraction of sp³-hybridized carbons (Fsp3) is 0.526. The standard InChI is InChI=1S/C19H25NO2S/c1-4-12-22-14-16-8-10-20(11-9-16)19(21)17-6-5-7-18(13-17)23-15(2)3/h1,5-7,13,15-16H,8-12,14H2,2-3H3. The van der Waals surface area contributed by atoms with Gasteiger partial charge in [-0.3, -0.25) is 4.79 Å². The Balaban J connectivity index is 1.88. The lowest BCUT2D eigenvalue weighted by Gasteiger charge is -2.32. The molecule has 1 fully saturated rings. The maximum atomic E-state index is 12.7. The van der Waals surface area contributed by atoms with Crippen molar-refractivity contribution in [1.29, 1.82) is 0 Å². The number of nitrogens with zero attached hydrogens (tertiary/aromatic N) is 1. The minimum absolute atomic E-state index is 0.138. The lowest BCUT2D eigenvalue weighted by Crippen LogP contribution is -2.39. The number of thioether (sulfide) groups is 1. The summed E-state index contributed by atoms with van der Waals surface area (Å²) in [6, 6.07) is 7.96. The average Bonchev–Trinajstić information content (AvgIpc) is 2.55. The molecule has 23 heavy (non-hydrogen) atoms. The number of rotatable bonds is 6. The molecule has 0 spiro atoms. The number of benzene rings is 1. The van der Waals surface area contributed by atoms with Crippen molar-refractivity contribution in [3.05, 3.63) is 29.8 Å². The van der Waals surface area contributed by atoms with Crippen LogP contribution in [0.25, 0.3) is 0 Å². The second kappa shape index (κ2) is 9.00. The third-order valence-corrected chi connectivity index (χ3v) is 4.89. The average molecular weight is 331 g/mol. The second-order valence-corrected chi connectivity index (χ2v) is 7.80. The molecular formula is C19H25NO2S. The van der Waals surface area contributed by atoms with Crippen LogP contribution < -0.4 is 0 Å². The Hall–Kier alpha value is -1.44. The minimum Gasteiger partial charge on any atom is -0.369 e. The van der Waals surface area contributed by atoms with E-state index in [9.17, 15) is 4.79 Å². The largest absolute Gasteiger partial charge is 0.369 e. The Bertz CT molecular complexity index is 557. The van der Waals surface area contributed by atoms with Gasteiger partial charge in [-0.05, 0) is 37.0 Å². The zero-order chi connectivity index (χ0) is 16.7. The van der Waals surface area contributed by atoms with Crippen molar-refractivity contribution in [1.82, 2.24) is 4.90 Å². The Morgan fingerprint density at radius 2 is 2.17 bits per heavy atom. The summed E-state index contributed by atoms with van der Waals surface area (Å²) in [5.41, 5.74) is 0.790. The number of terminal acetylenes is 1. The third-order valence-electron chi connectivity index (χ3n) is 3.89. The first kappa shape index (κ1) is 17.9. The predicted molar refractivity (Wildman–Crippen MR) is 95.7 cm³/mol. The highest BCUT2D eigenvalue weighted by atomic mass is 32.2. The van der Waals surface area contributed by atoms with Crippen molar-refractivity contribution in [2.45, 2.75) is 36.8 Å². The first-order chi connectivity index (χ1) is 11.1. The first-order valence-electron chi connectivity index (χ1n) is 8.17. The molecule has 0 radical (unpaired) electrons. The Kier molecular flexibility index (Phi) is 7.01. The van der Waals surface area contributed by atoms with E-state index in [1.54, 1.807) is 11.8 Å². The van der Waals surface area contributed by atoms with Crippen LogP contribution >= 0.6 is 11.8 Å². The van der Waals surface area contributed by atoms with Gasteiger partial charge in [-0.15, -0.1) is 18.2 Å². The minimum atomic E-state index is 0.138. The summed E-state index contributed by atoms with van der Waals surface area (Å²) in [6.07, 6.45) is 7.15. The normalized spacial score (nSPS) is 15.7. The molecule has 2 rings (SSSR count). The molecule has 0 aromatic heterocycles. The van der Waals surface area contributed by atoms with E-state index >= 15 is 0 Å². The Morgan fingerprint density at radius 1 is 1.43 bits per heavy atom. The van der Waals surface area contributed by atoms with Gasteiger partial charge in [0.25, 0.3) is 5.91 Å². The van der Waals surface area contributed by atoms with Gasteiger partial charge >= 0.3 is 0 Å². The van der Waals surface area contributed by atoms with Crippen molar-refractivity contribution in [2.75, 3.05) is 26.3 Å². The number of ether oxygens (including phenoxy) is 1. The summed E-state index contributed by atoms with van der Waals surface area (Å²) in [5.74, 6) is 3.13. The van der Waals surface area contributed by atoms with Crippen LogP contribution in [0.15, 0.2) is 29.2 Å². The third kappa shape index (κ3) is 5.60. The number of amides is 1. The number of hydrogen-bond acceptors (Lipinski definition) is 3. The van der Waals surface area contributed by atoms with E-state index in [-0.39, 0.29) is 5.91 Å². The van der Waals surface area contributed by atoms with Crippen LogP contribution in [0, 0.1) is 18.3 Å². The smallest absolute Gasteiger partial charge is 0.253 e. The van der Waals surface area contributed by atoms with Crippen LogP contribution in [0.2, 0.25) is 0 Å². The summed E-state index contributed by atoms with van der Waals surface area (Å²) in [6.45, 7) is 6.99. The molecule has 1 aromatic rings. The van der Waals surface area contributed by atoms with Gasteiger partial charge in [0, 0.05) is 28.8 Å². The fourth-order valence-electron chi connectivity index (χ4n) is 2.74. The predicted octanol–water partition coefficient (Wildman–Crippen LogP) is 3.69. The quantitative estimate of drug-likeness (QED) is 0.452. The topological polar surface area (TPSA) is 29.5 Å². The summed E-state index contributed by atoms with van der Waals surface area (Å²) in [4.78, 5) is 15.8. The van der Waals surface area contributed by atoms with Crippen molar-refractivity contribution in [3.8, 4) is 12.3 Å². The summed E-state index contributed by atoms with van der Waals surface area (Å²) < 4.78 is 5.41. The van der Waals surface area contributed by atoms with Gasteiger partial charge in [0.15, 0.2) is 0 Å². The van der Waals surface area contributed by atoms with Gasteiger partial charge in [-0.2, -0.15) is 0 Å². The lowest BCUT2D eigenvalue weighted by atomic mass is 9.97. The molecule has 3 nitrogen and oxygen atoms in total. The summed E-state index contributed by atoms with van der Waals surface area (Å²) in [7, 11) is 0. The number of likely N-dealkylation sites (tertiary alicyclic amines) is 1. The van der Waals surface area contributed by atoms with E-state index in [4.69, 9.17) is 11.2 Å². The van der Waals surface area contributed by atoms with Crippen LogP contribution in [0.5, 0.6) is 0 Å². The second-order valence-electron chi connectivity index (χ2n) is 6.15. The van der Waals surface area contributed by atoms with Gasteiger partial charge in [0.1, 0.15) is 6.61 Å². The number of hydrogen-bond donors (Lipinski definition) is 0. The molecule has 0 bridgehead atoms. The molecule has 0 aliphatic carbocycles. The molecular weight excluding hydrogens is 306 g/mol. The van der Waals surface area contributed by atoms with E-state index in [1.165, 1.54) is 0 Å². The number of carbonyl (C=O) groups is 1. The highest BCUT2D eigenvalue weighted by Crippen LogP contribution is 2.25. The SMILES string of the molecule is C#CCOCC1CCN(C(=O)c2cccc(SC(C)C)c2)CC1. The lowest BCUT2D eigenvalue weighted by molar-refractivity contribution is 0.0581. The van der Waals surface area contributed by atoms with Crippen LogP contribution in [0.1, 0.15) is 37.0 Å². The number of piperidine rings is 1. The van der Waals surface area contributed by atoms with Gasteiger partial charge in [0.05, 0.1) is 6.61 Å². The van der Waals surface area contributed by atoms with Gasteiger partial charge < -0.3 is 9.64 Å². The molecule has 1 saturated heterocycles. The highest BCUT2D eigenvalue weighted by molar-refractivity contribution is 7.99. The van der Waals surface area contributed by atoms with Crippen LogP contribution in [-0.2, 0) is 4.74 Å². The molecule has 0 atom stereocenters. The monoisotopic (exact) mass is 331 g/mol. The number of carbonyl (C=O) groups excluding carboxylic acids is 1. The molecule has 1 amide bonds. The molecule has 124 valence electrons. The van der Waals surface area contributed by atoms with Crippen molar-refractivity contribution >= 4 is 17.7 Å². The summed E-state index contributed by atoms with van der Waals surface area (Å²) in [5, 5.41) is 0.513. The molecule has 0 N–H and O–H groups in total. The van der Waals surface area contributed by atoms with E-state index in [0.717, 1.165) is 36.4 Å². The molecule has 0 unspecified atom stereocenters. The fourth-order valence-corrected chi connectivity index (χ4v) is 3.64. The van der Waals surface area contributed by atoms with E-state index < -0.39 is 0 Å². The van der Waals surface area contributed by atoms with Crippen molar-refractivity contribution < 1.29 is 9.53 Å². The molecule has 1 heterocycles. The Labute approximate surface area is 143 Å². The van der Waals surface area contributed by atoms with Gasteiger partial charge in [-0.1, -0.05) is 25.8 Å².